The lowest BCUT2D eigenvalue weighted by molar-refractivity contribution is -0.385. The summed E-state index contributed by atoms with van der Waals surface area (Å²) in [5.74, 6) is 0.589. The Bertz CT molecular complexity index is 470. The summed E-state index contributed by atoms with van der Waals surface area (Å²) in [6, 6.07) is 4.03. The highest BCUT2D eigenvalue weighted by atomic mass is 19.1. The molecule has 2 aliphatic rings. The summed E-state index contributed by atoms with van der Waals surface area (Å²) >= 11 is 0. The second-order valence-corrected chi connectivity index (χ2v) is 4.58. The number of halogens is 1. The molecule has 1 saturated carbocycles. The average Bonchev–Trinajstić information content (AvgIpc) is 2.74. The second kappa shape index (κ2) is 3.66. The van der Waals surface area contributed by atoms with Crippen molar-refractivity contribution in [3.63, 3.8) is 0 Å². The van der Waals surface area contributed by atoms with Crippen LogP contribution in [0.5, 0.6) is 0 Å². The van der Waals surface area contributed by atoms with E-state index < -0.39 is 10.7 Å². The highest BCUT2D eigenvalue weighted by Gasteiger charge is 2.53. The maximum Gasteiger partial charge on any atom is 0.272 e. The van der Waals surface area contributed by atoms with Crippen molar-refractivity contribution in [1.29, 1.82) is 0 Å². The van der Waals surface area contributed by atoms with E-state index in [1.165, 1.54) is 12.1 Å². The third-order valence-electron chi connectivity index (χ3n) is 3.58. The molecule has 90 valence electrons. The lowest BCUT2D eigenvalue weighted by Crippen LogP contribution is -2.21. The Morgan fingerprint density at radius 2 is 2.12 bits per heavy atom. The highest BCUT2D eigenvalue weighted by molar-refractivity contribution is 5.52. The molecule has 1 aromatic carbocycles. The lowest BCUT2D eigenvalue weighted by atomic mass is 10.2. The van der Waals surface area contributed by atoms with Crippen LogP contribution in [0.3, 0.4) is 0 Å². The van der Waals surface area contributed by atoms with Crippen molar-refractivity contribution in [3.05, 3.63) is 34.1 Å². The first-order valence-corrected chi connectivity index (χ1v) is 5.58. The molecule has 1 aliphatic carbocycles. The second-order valence-electron chi connectivity index (χ2n) is 4.58. The quantitative estimate of drug-likeness (QED) is 0.615. The van der Waals surface area contributed by atoms with Crippen molar-refractivity contribution < 1.29 is 9.31 Å². The van der Waals surface area contributed by atoms with E-state index >= 15 is 0 Å². The van der Waals surface area contributed by atoms with Gasteiger partial charge < -0.3 is 10.6 Å². The van der Waals surface area contributed by atoms with Crippen molar-refractivity contribution >= 4 is 11.4 Å². The Morgan fingerprint density at radius 3 is 2.71 bits per heavy atom. The minimum absolute atomic E-state index is 0.217. The van der Waals surface area contributed by atoms with Gasteiger partial charge in [0.05, 0.1) is 16.7 Å². The molecular formula is C11H12FN3O2. The monoisotopic (exact) mass is 237 g/mol. The standard InChI is InChI=1S/C11H12FN3O2/c12-9-3-6(15(16)17)1-2-10(9)14-11-7-4-13-5-8(7)11/h1-3,7-8,11,13-14H,4-5H2. The van der Waals surface area contributed by atoms with Crippen LogP contribution in [0, 0.1) is 27.8 Å². The summed E-state index contributed by atoms with van der Waals surface area (Å²) in [5.41, 5.74) is 0.140. The Morgan fingerprint density at radius 1 is 1.41 bits per heavy atom. The van der Waals surface area contributed by atoms with E-state index in [9.17, 15) is 14.5 Å². The van der Waals surface area contributed by atoms with Gasteiger partial charge in [-0.2, -0.15) is 0 Å². The lowest BCUT2D eigenvalue weighted by Gasteiger charge is -2.09. The molecule has 3 rings (SSSR count). The molecular weight excluding hydrogens is 225 g/mol. The number of non-ortho nitro benzene ring substituents is 1. The normalized spacial score (nSPS) is 29.8. The summed E-state index contributed by atoms with van der Waals surface area (Å²) in [6.45, 7) is 1.94. The smallest absolute Gasteiger partial charge is 0.272 e. The molecule has 17 heavy (non-hydrogen) atoms. The van der Waals surface area contributed by atoms with E-state index in [0.717, 1.165) is 19.2 Å². The summed E-state index contributed by atoms with van der Waals surface area (Å²) in [5, 5.41) is 16.8. The Kier molecular flexibility index (Phi) is 2.25. The van der Waals surface area contributed by atoms with Gasteiger partial charge in [0.25, 0.3) is 5.69 Å². The van der Waals surface area contributed by atoms with Crippen LogP contribution in [-0.2, 0) is 0 Å². The van der Waals surface area contributed by atoms with E-state index in [-0.39, 0.29) is 5.69 Å². The van der Waals surface area contributed by atoms with Gasteiger partial charge in [0.2, 0.25) is 0 Å². The molecule has 2 N–H and O–H groups in total. The largest absolute Gasteiger partial charge is 0.379 e. The van der Waals surface area contributed by atoms with Crippen molar-refractivity contribution in [1.82, 2.24) is 5.32 Å². The fraction of sp³-hybridized carbons (Fsp3) is 0.455. The maximum absolute atomic E-state index is 13.6. The first-order chi connectivity index (χ1) is 8.16. The molecule has 2 fully saturated rings. The molecule has 0 aromatic heterocycles. The molecule has 2 atom stereocenters. The van der Waals surface area contributed by atoms with Gasteiger partial charge in [-0.1, -0.05) is 0 Å². The van der Waals surface area contributed by atoms with E-state index in [2.05, 4.69) is 10.6 Å². The maximum atomic E-state index is 13.6. The van der Waals surface area contributed by atoms with Crippen LogP contribution in [-0.4, -0.2) is 24.1 Å². The molecule has 1 saturated heterocycles. The molecule has 0 amide bonds. The SMILES string of the molecule is O=[N+]([O-])c1ccc(NC2C3CNCC32)c(F)c1. The first-order valence-electron chi connectivity index (χ1n) is 5.58. The summed E-state index contributed by atoms with van der Waals surface area (Å²) < 4.78 is 13.6. The van der Waals surface area contributed by atoms with Crippen molar-refractivity contribution in [2.24, 2.45) is 11.8 Å². The number of hydrogen-bond acceptors (Lipinski definition) is 4. The molecule has 1 aliphatic heterocycles. The van der Waals surface area contributed by atoms with E-state index in [0.29, 0.717) is 23.6 Å². The van der Waals surface area contributed by atoms with Crippen LogP contribution in [0.15, 0.2) is 18.2 Å². The van der Waals surface area contributed by atoms with Crippen LogP contribution in [0.1, 0.15) is 0 Å². The number of nitrogens with zero attached hydrogens (tertiary/aromatic N) is 1. The summed E-state index contributed by atoms with van der Waals surface area (Å²) in [7, 11) is 0. The molecule has 1 heterocycles. The number of nitrogens with one attached hydrogen (secondary N) is 2. The van der Waals surface area contributed by atoms with Gasteiger partial charge in [0, 0.05) is 25.2 Å². The summed E-state index contributed by atoms with van der Waals surface area (Å²) in [4.78, 5) is 9.87. The number of piperidine rings is 1. The average molecular weight is 237 g/mol. The van der Waals surface area contributed by atoms with Crippen molar-refractivity contribution in [2.75, 3.05) is 18.4 Å². The molecule has 0 spiro atoms. The van der Waals surface area contributed by atoms with Crippen LogP contribution in [0.25, 0.3) is 0 Å². The van der Waals surface area contributed by atoms with Crippen molar-refractivity contribution in [3.8, 4) is 0 Å². The predicted octanol–water partition coefficient (Wildman–Crippen LogP) is 1.36. The van der Waals surface area contributed by atoms with E-state index in [1.54, 1.807) is 0 Å². The van der Waals surface area contributed by atoms with Gasteiger partial charge in [-0.15, -0.1) is 0 Å². The summed E-state index contributed by atoms with van der Waals surface area (Å²) in [6.07, 6.45) is 0. The topological polar surface area (TPSA) is 67.2 Å². The molecule has 1 aromatic rings. The number of anilines is 1. The molecule has 2 unspecified atom stereocenters. The van der Waals surface area contributed by atoms with Gasteiger partial charge in [-0.25, -0.2) is 4.39 Å². The van der Waals surface area contributed by atoms with Gasteiger partial charge >= 0.3 is 0 Å². The predicted molar refractivity (Wildman–Crippen MR) is 60.3 cm³/mol. The van der Waals surface area contributed by atoms with E-state index in [1.807, 2.05) is 0 Å². The van der Waals surface area contributed by atoms with Gasteiger partial charge in [0.15, 0.2) is 5.82 Å². The number of fused-ring (bicyclic) bond motifs is 1. The van der Waals surface area contributed by atoms with Gasteiger partial charge in [-0.3, -0.25) is 10.1 Å². The fourth-order valence-electron chi connectivity index (χ4n) is 2.55. The van der Waals surface area contributed by atoms with E-state index in [4.69, 9.17) is 0 Å². The Balaban J connectivity index is 1.73. The van der Waals surface area contributed by atoms with Gasteiger partial charge in [0.1, 0.15) is 0 Å². The van der Waals surface area contributed by atoms with Crippen LogP contribution in [0.4, 0.5) is 15.8 Å². The minimum Gasteiger partial charge on any atom is -0.379 e. The third kappa shape index (κ3) is 1.74. The Labute approximate surface area is 97.2 Å². The number of nitro groups is 1. The van der Waals surface area contributed by atoms with Gasteiger partial charge in [-0.05, 0) is 17.9 Å². The fourth-order valence-corrected chi connectivity index (χ4v) is 2.55. The number of benzene rings is 1. The molecule has 5 nitrogen and oxygen atoms in total. The third-order valence-corrected chi connectivity index (χ3v) is 3.58. The zero-order chi connectivity index (χ0) is 12.0. The minimum atomic E-state index is -0.595. The number of nitro benzene ring substituents is 1. The number of rotatable bonds is 3. The number of hydrogen-bond donors (Lipinski definition) is 2. The molecule has 0 radical (unpaired) electrons. The van der Waals surface area contributed by atoms with Crippen LogP contribution < -0.4 is 10.6 Å². The van der Waals surface area contributed by atoms with Crippen LogP contribution in [0.2, 0.25) is 0 Å². The van der Waals surface area contributed by atoms with Crippen molar-refractivity contribution in [2.45, 2.75) is 6.04 Å². The zero-order valence-electron chi connectivity index (χ0n) is 9.02. The molecule has 6 heteroatoms. The molecule has 0 bridgehead atoms. The zero-order valence-corrected chi connectivity index (χ0v) is 9.02. The highest BCUT2D eigenvalue weighted by Crippen LogP contribution is 2.44. The van der Waals surface area contributed by atoms with Crippen LogP contribution >= 0.6 is 0 Å². The first kappa shape index (κ1) is 10.5. The Hall–Kier alpha value is -1.69.